The van der Waals surface area contributed by atoms with Crippen LogP contribution in [0.3, 0.4) is 0 Å². The van der Waals surface area contributed by atoms with E-state index in [1.165, 1.54) is 10.8 Å². The van der Waals surface area contributed by atoms with Gasteiger partial charge in [0.25, 0.3) is 5.56 Å². The SMILES string of the molecule is CCOP(=O)(OCC)O[C@H]1C[C@H](n2cc(C)c(=O)[nH]c2=O)O[C@@]1(COCc1ccccc1)C(=O)SCC(C)(C)c1ccccc1Br. The number of hydrogen-bond donors (Lipinski definition) is 1. The van der Waals surface area contributed by atoms with Crippen molar-refractivity contribution in [2.45, 2.75) is 71.0 Å². The highest BCUT2D eigenvalue weighted by molar-refractivity contribution is 9.10. The number of benzene rings is 2. The summed E-state index contributed by atoms with van der Waals surface area (Å²) >= 11 is 4.65. The molecule has 4 rings (SSSR count). The molecule has 14 heteroatoms. The molecule has 250 valence electrons. The Labute approximate surface area is 281 Å². The van der Waals surface area contributed by atoms with E-state index in [-0.39, 0.29) is 38.4 Å². The van der Waals surface area contributed by atoms with Crippen molar-refractivity contribution in [1.29, 1.82) is 0 Å². The van der Waals surface area contributed by atoms with E-state index in [2.05, 4.69) is 20.9 Å². The molecule has 0 radical (unpaired) electrons. The Morgan fingerprint density at radius 1 is 1.11 bits per heavy atom. The minimum absolute atomic E-state index is 0.0210. The molecule has 0 aliphatic carbocycles. The molecule has 2 aromatic carbocycles. The van der Waals surface area contributed by atoms with E-state index in [4.69, 9.17) is 23.0 Å². The van der Waals surface area contributed by atoms with E-state index in [9.17, 15) is 18.9 Å². The zero-order valence-electron chi connectivity index (χ0n) is 26.5. The molecule has 0 bridgehead atoms. The third-order valence-electron chi connectivity index (χ3n) is 7.51. The highest BCUT2D eigenvalue weighted by Crippen LogP contribution is 2.55. The molecule has 11 nitrogen and oxygen atoms in total. The van der Waals surface area contributed by atoms with Crippen molar-refractivity contribution < 1.29 is 32.4 Å². The molecule has 3 aromatic rings. The molecule has 3 atom stereocenters. The van der Waals surface area contributed by atoms with Gasteiger partial charge in [-0.2, -0.15) is 0 Å². The number of nitrogens with one attached hydrogen (secondary N) is 1. The molecule has 2 heterocycles. The molecule has 1 saturated heterocycles. The number of carbonyl (C=O) groups is 1. The minimum atomic E-state index is -4.18. The summed E-state index contributed by atoms with van der Waals surface area (Å²) in [4.78, 5) is 41.9. The number of H-pyrrole nitrogens is 1. The fourth-order valence-corrected chi connectivity index (χ4v) is 8.47. The molecule has 1 aliphatic rings. The first-order valence-electron chi connectivity index (χ1n) is 15.0. The minimum Gasteiger partial charge on any atom is -0.373 e. The topological polar surface area (TPSA) is 135 Å². The lowest BCUT2D eigenvalue weighted by Crippen LogP contribution is -2.51. The van der Waals surface area contributed by atoms with Crippen molar-refractivity contribution in [2.75, 3.05) is 25.6 Å². The van der Waals surface area contributed by atoms with Gasteiger partial charge in [0, 0.05) is 33.8 Å². The Bertz CT molecular complexity index is 1650. The van der Waals surface area contributed by atoms with Crippen LogP contribution in [-0.2, 0) is 44.4 Å². The summed E-state index contributed by atoms with van der Waals surface area (Å²) < 4.78 is 45.4. The Morgan fingerprint density at radius 2 is 1.76 bits per heavy atom. The molecule has 46 heavy (non-hydrogen) atoms. The maximum Gasteiger partial charge on any atom is 0.475 e. The standard InChI is InChI=1S/C32H40BrN2O9PS/c1-6-41-45(39,42-7-2)44-26-17-27(35-18-22(3)28(36)34-30(35)38)43-32(26,20-40-19-23-13-9-8-10-14-23)29(37)46-21-31(4,5)24-15-11-12-16-25(24)33/h8-16,18,26-27H,6-7,17,19-21H2,1-5H3,(H,34,36,38)/t26-,27+,32+/m0/s1. The monoisotopic (exact) mass is 738 g/mol. The van der Waals surface area contributed by atoms with E-state index >= 15 is 0 Å². The van der Waals surface area contributed by atoms with Gasteiger partial charge in [0.1, 0.15) is 12.3 Å². The summed E-state index contributed by atoms with van der Waals surface area (Å²) in [5.74, 6) is 0.349. The first-order chi connectivity index (χ1) is 21.8. The Balaban J connectivity index is 1.75. The number of rotatable bonds is 15. The van der Waals surface area contributed by atoms with E-state index in [1.54, 1.807) is 20.8 Å². The second-order valence-corrected chi connectivity index (χ2v) is 14.9. The van der Waals surface area contributed by atoms with Crippen LogP contribution in [0.25, 0.3) is 0 Å². The molecule has 1 aromatic heterocycles. The molecule has 0 unspecified atom stereocenters. The number of carbonyl (C=O) groups excluding carboxylic acids is 1. The van der Waals surface area contributed by atoms with Crippen LogP contribution in [0.5, 0.6) is 0 Å². The van der Waals surface area contributed by atoms with Gasteiger partial charge in [0.05, 0.1) is 26.4 Å². The Morgan fingerprint density at radius 3 is 2.41 bits per heavy atom. The van der Waals surface area contributed by atoms with E-state index in [0.717, 1.165) is 27.4 Å². The Kier molecular flexibility index (Phi) is 12.5. The van der Waals surface area contributed by atoms with Gasteiger partial charge >= 0.3 is 13.5 Å². The number of phosphoric ester groups is 1. The molecular weight excluding hydrogens is 699 g/mol. The summed E-state index contributed by atoms with van der Waals surface area (Å²) in [6, 6.07) is 17.2. The van der Waals surface area contributed by atoms with Gasteiger partial charge in [-0.3, -0.25) is 32.7 Å². The van der Waals surface area contributed by atoms with Gasteiger partial charge in [-0.25, -0.2) is 9.36 Å². The van der Waals surface area contributed by atoms with Crippen LogP contribution < -0.4 is 11.2 Å². The van der Waals surface area contributed by atoms with Crippen LogP contribution in [0.1, 0.15) is 57.0 Å². The predicted molar refractivity (Wildman–Crippen MR) is 180 cm³/mol. The number of nitrogens with zero attached hydrogens (tertiary/aromatic N) is 1. The number of hydrogen-bond acceptors (Lipinski definition) is 10. The molecular formula is C32H40BrN2O9PS. The molecule has 0 saturated carbocycles. The van der Waals surface area contributed by atoms with Gasteiger partial charge < -0.3 is 9.47 Å². The molecule has 1 N–H and O–H groups in total. The Hall–Kier alpha value is -2.35. The summed E-state index contributed by atoms with van der Waals surface area (Å²) in [5, 5.41) is -0.443. The quantitative estimate of drug-likeness (QED) is 0.177. The molecule has 0 spiro atoms. The maximum atomic E-state index is 14.5. The largest absolute Gasteiger partial charge is 0.475 e. The van der Waals surface area contributed by atoms with Crippen LogP contribution in [-0.4, -0.2) is 51.9 Å². The molecule has 1 aliphatic heterocycles. The number of phosphoric acid groups is 1. The highest BCUT2D eigenvalue weighted by atomic mass is 79.9. The lowest BCUT2D eigenvalue weighted by molar-refractivity contribution is -0.161. The van der Waals surface area contributed by atoms with Crippen molar-refractivity contribution >= 4 is 40.6 Å². The van der Waals surface area contributed by atoms with Gasteiger partial charge in [0.2, 0.25) is 5.12 Å². The summed E-state index contributed by atoms with van der Waals surface area (Å²) in [6.07, 6.45) is -1.03. The van der Waals surface area contributed by atoms with Crippen LogP contribution in [0.4, 0.5) is 0 Å². The van der Waals surface area contributed by atoms with Gasteiger partial charge in [0.15, 0.2) is 5.60 Å². The van der Waals surface area contributed by atoms with Crippen LogP contribution in [0, 0.1) is 6.92 Å². The zero-order chi connectivity index (χ0) is 33.5. The fourth-order valence-electron chi connectivity index (χ4n) is 5.13. The van der Waals surface area contributed by atoms with E-state index in [0.29, 0.717) is 5.75 Å². The van der Waals surface area contributed by atoms with Crippen molar-refractivity contribution in [3.8, 4) is 0 Å². The first kappa shape index (κ1) is 36.5. The normalized spacial score (nSPS) is 20.2. The third kappa shape index (κ3) is 8.56. The predicted octanol–water partition coefficient (Wildman–Crippen LogP) is 6.29. The number of thioether (sulfide) groups is 1. The number of aromatic nitrogens is 2. The molecule has 0 amide bonds. The maximum absolute atomic E-state index is 14.5. The van der Waals surface area contributed by atoms with Gasteiger partial charge in [-0.15, -0.1) is 0 Å². The van der Waals surface area contributed by atoms with Gasteiger partial charge in [-0.05, 0) is 38.0 Å². The van der Waals surface area contributed by atoms with Crippen LogP contribution in [0.2, 0.25) is 0 Å². The lowest BCUT2D eigenvalue weighted by Gasteiger charge is -2.34. The lowest BCUT2D eigenvalue weighted by atomic mass is 9.87. The first-order valence-corrected chi connectivity index (χ1v) is 18.2. The second-order valence-electron chi connectivity index (χ2n) is 11.5. The number of aryl methyl sites for hydroxylation is 1. The van der Waals surface area contributed by atoms with Crippen molar-refractivity contribution in [1.82, 2.24) is 9.55 Å². The number of ether oxygens (including phenoxy) is 2. The average Bonchev–Trinajstić information content (AvgIpc) is 3.36. The van der Waals surface area contributed by atoms with Gasteiger partial charge in [-0.1, -0.05) is 90.1 Å². The number of halogens is 1. The van der Waals surface area contributed by atoms with E-state index < -0.39 is 47.5 Å². The molecule has 1 fully saturated rings. The van der Waals surface area contributed by atoms with Crippen molar-refractivity contribution in [3.05, 3.63) is 103 Å². The smallest absolute Gasteiger partial charge is 0.373 e. The second kappa shape index (κ2) is 15.7. The van der Waals surface area contributed by atoms with Crippen LogP contribution in [0.15, 0.2) is 74.9 Å². The zero-order valence-corrected chi connectivity index (χ0v) is 29.8. The van der Waals surface area contributed by atoms with E-state index in [1.807, 2.05) is 68.4 Å². The average molecular weight is 740 g/mol. The van der Waals surface area contributed by atoms with Crippen LogP contribution >= 0.6 is 35.5 Å². The van der Waals surface area contributed by atoms with Crippen molar-refractivity contribution in [2.24, 2.45) is 0 Å². The number of aromatic amines is 1. The van der Waals surface area contributed by atoms with Crippen molar-refractivity contribution in [3.63, 3.8) is 0 Å². The highest BCUT2D eigenvalue weighted by Gasteiger charge is 2.58. The summed E-state index contributed by atoms with van der Waals surface area (Å²) in [6.45, 7) is 8.80. The fraction of sp³-hybridized carbons (Fsp3) is 0.469. The summed E-state index contributed by atoms with van der Waals surface area (Å²) in [5.41, 5.74) is -1.43. The summed E-state index contributed by atoms with van der Waals surface area (Å²) in [7, 11) is -4.18. The third-order valence-corrected chi connectivity index (χ3v) is 11.3.